The van der Waals surface area contributed by atoms with Crippen LogP contribution in [0.3, 0.4) is 0 Å². The molecule has 27 heavy (non-hydrogen) atoms. The fourth-order valence-electron chi connectivity index (χ4n) is 3.33. The predicted molar refractivity (Wildman–Crippen MR) is 104 cm³/mol. The maximum atomic E-state index is 13.0. The topological polar surface area (TPSA) is 66.5 Å². The molecule has 0 spiro atoms. The van der Waals surface area contributed by atoms with Gasteiger partial charge in [-0.15, -0.1) is 0 Å². The van der Waals surface area contributed by atoms with E-state index in [0.29, 0.717) is 16.1 Å². The zero-order valence-corrected chi connectivity index (χ0v) is 16.5. The van der Waals surface area contributed by atoms with Gasteiger partial charge in [0.05, 0.1) is 6.54 Å². The Bertz CT molecular complexity index is 970. The second kappa shape index (κ2) is 6.82. The molecule has 1 saturated heterocycles. The highest BCUT2D eigenvalue weighted by atomic mass is 35.5. The fraction of sp³-hybridized carbons (Fsp3) is 0.286. The van der Waals surface area contributed by atoms with Crippen LogP contribution in [0.15, 0.2) is 36.4 Å². The summed E-state index contributed by atoms with van der Waals surface area (Å²) in [5.74, 6) is -0.737. The first-order valence-electron chi connectivity index (χ1n) is 8.64. The molecular formula is C21H21ClN2O3. The molecule has 0 radical (unpaired) electrons. The number of carbonyl (C=O) groups is 3. The highest BCUT2D eigenvalue weighted by molar-refractivity contribution is 6.30. The molecule has 2 aromatic rings. The van der Waals surface area contributed by atoms with Crippen molar-refractivity contribution in [2.45, 2.75) is 33.2 Å². The standard InChI is InChI=1S/C21H21ClN2O3/c1-12-8-14(3)17(9-13(12)2)18(25)11-24-19(26)21(4,23-20(24)27)15-6-5-7-16(22)10-15/h5-10H,11H2,1-4H3,(H,23,27). The summed E-state index contributed by atoms with van der Waals surface area (Å²) in [7, 11) is 0. The van der Waals surface area contributed by atoms with Crippen LogP contribution in [0, 0.1) is 20.8 Å². The first kappa shape index (κ1) is 19.1. The van der Waals surface area contributed by atoms with E-state index < -0.39 is 17.5 Å². The summed E-state index contributed by atoms with van der Waals surface area (Å²) in [5, 5.41) is 3.16. The lowest BCUT2D eigenvalue weighted by Gasteiger charge is -2.22. The molecule has 2 aromatic carbocycles. The number of amides is 3. The summed E-state index contributed by atoms with van der Waals surface area (Å²) in [4.78, 5) is 39.2. The van der Waals surface area contributed by atoms with Gasteiger partial charge in [-0.1, -0.05) is 29.8 Å². The second-order valence-electron chi connectivity index (χ2n) is 7.13. The molecule has 1 atom stereocenters. The Balaban J connectivity index is 1.88. The molecule has 3 rings (SSSR count). The van der Waals surface area contributed by atoms with Gasteiger partial charge in [0.2, 0.25) is 0 Å². The SMILES string of the molecule is Cc1cc(C)c(C(=O)CN2C(=O)NC(C)(c3cccc(Cl)c3)C2=O)cc1C. The van der Waals surface area contributed by atoms with E-state index in [1.54, 1.807) is 31.2 Å². The van der Waals surface area contributed by atoms with Crippen molar-refractivity contribution < 1.29 is 14.4 Å². The van der Waals surface area contributed by atoms with Crippen LogP contribution in [-0.4, -0.2) is 29.2 Å². The van der Waals surface area contributed by atoms with Crippen molar-refractivity contribution in [1.82, 2.24) is 10.2 Å². The average Bonchev–Trinajstić information content (AvgIpc) is 2.82. The van der Waals surface area contributed by atoms with Gasteiger partial charge in [0, 0.05) is 10.6 Å². The molecule has 1 fully saturated rings. The molecular weight excluding hydrogens is 364 g/mol. The number of ketones is 1. The smallest absolute Gasteiger partial charge is 0.319 e. The zero-order chi connectivity index (χ0) is 19.9. The first-order valence-corrected chi connectivity index (χ1v) is 9.02. The van der Waals surface area contributed by atoms with Gasteiger partial charge in [0.15, 0.2) is 5.78 Å². The zero-order valence-electron chi connectivity index (χ0n) is 15.7. The lowest BCUT2D eigenvalue weighted by Crippen LogP contribution is -2.41. The Hall–Kier alpha value is -2.66. The van der Waals surface area contributed by atoms with Gasteiger partial charge < -0.3 is 5.32 Å². The van der Waals surface area contributed by atoms with Crippen molar-refractivity contribution >= 4 is 29.3 Å². The van der Waals surface area contributed by atoms with Crippen molar-refractivity contribution in [2.24, 2.45) is 0 Å². The van der Waals surface area contributed by atoms with E-state index in [1.807, 2.05) is 32.9 Å². The van der Waals surface area contributed by atoms with E-state index in [9.17, 15) is 14.4 Å². The number of Topliss-reactive ketones (excluding diaryl/α,β-unsaturated/α-hetero) is 1. The van der Waals surface area contributed by atoms with E-state index in [0.717, 1.165) is 21.6 Å². The molecule has 0 bridgehead atoms. The van der Waals surface area contributed by atoms with Crippen LogP contribution in [0.25, 0.3) is 0 Å². The number of hydrogen-bond acceptors (Lipinski definition) is 3. The van der Waals surface area contributed by atoms with Gasteiger partial charge >= 0.3 is 6.03 Å². The number of hydrogen-bond donors (Lipinski definition) is 1. The first-order chi connectivity index (χ1) is 12.6. The molecule has 5 nitrogen and oxygen atoms in total. The Labute approximate surface area is 163 Å². The number of urea groups is 1. The van der Waals surface area contributed by atoms with Crippen LogP contribution in [0.4, 0.5) is 4.79 Å². The van der Waals surface area contributed by atoms with Gasteiger partial charge in [-0.05, 0) is 68.1 Å². The van der Waals surface area contributed by atoms with Crippen molar-refractivity contribution in [2.75, 3.05) is 6.54 Å². The Kier molecular flexibility index (Phi) is 4.82. The quantitative estimate of drug-likeness (QED) is 0.641. The van der Waals surface area contributed by atoms with Crippen molar-refractivity contribution in [1.29, 1.82) is 0 Å². The molecule has 6 heteroatoms. The summed E-state index contributed by atoms with van der Waals surface area (Å²) in [6.45, 7) is 7.07. The number of carbonyl (C=O) groups excluding carboxylic acids is 3. The molecule has 1 aliphatic heterocycles. The lowest BCUT2D eigenvalue weighted by atomic mass is 9.92. The maximum absolute atomic E-state index is 13.0. The summed E-state index contributed by atoms with van der Waals surface area (Å²) in [6, 6.07) is 9.93. The van der Waals surface area contributed by atoms with Crippen LogP contribution < -0.4 is 5.32 Å². The summed E-state index contributed by atoms with van der Waals surface area (Å²) in [5.41, 5.74) is 2.76. The molecule has 1 N–H and O–H groups in total. The lowest BCUT2D eigenvalue weighted by molar-refractivity contribution is -0.130. The van der Waals surface area contributed by atoms with Gasteiger partial charge in [0.25, 0.3) is 5.91 Å². The monoisotopic (exact) mass is 384 g/mol. The number of rotatable bonds is 4. The van der Waals surface area contributed by atoms with E-state index in [1.165, 1.54) is 0 Å². The fourth-order valence-corrected chi connectivity index (χ4v) is 3.52. The highest BCUT2D eigenvalue weighted by Crippen LogP contribution is 2.30. The minimum atomic E-state index is -1.25. The number of imide groups is 1. The third kappa shape index (κ3) is 3.35. The normalized spacial score (nSPS) is 19.4. The average molecular weight is 385 g/mol. The number of benzene rings is 2. The summed E-state index contributed by atoms with van der Waals surface area (Å²) in [6.07, 6.45) is 0. The number of nitrogens with one attached hydrogen (secondary N) is 1. The second-order valence-corrected chi connectivity index (χ2v) is 7.57. The van der Waals surface area contributed by atoms with Crippen LogP contribution in [0.2, 0.25) is 5.02 Å². The van der Waals surface area contributed by atoms with E-state index in [-0.39, 0.29) is 12.3 Å². The predicted octanol–water partition coefficient (Wildman–Crippen LogP) is 3.92. The molecule has 0 saturated carbocycles. The Morgan fingerprint density at radius 1 is 1.07 bits per heavy atom. The van der Waals surface area contributed by atoms with Gasteiger partial charge in [-0.25, -0.2) is 4.79 Å². The van der Waals surface area contributed by atoms with E-state index in [2.05, 4.69) is 5.32 Å². The Morgan fingerprint density at radius 3 is 2.41 bits per heavy atom. The number of halogens is 1. The van der Waals surface area contributed by atoms with Crippen molar-refractivity contribution in [3.8, 4) is 0 Å². The Morgan fingerprint density at radius 2 is 1.74 bits per heavy atom. The molecule has 1 heterocycles. The van der Waals surface area contributed by atoms with E-state index >= 15 is 0 Å². The minimum absolute atomic E-state index is 0.269. The number of aryl methyl sites for hydroxylation is 3. The van der Waals surface area contributed by atoms with Gasteiger partial charge in [-0.3, -0.25) is 14.5 Å². The molecule has 3 amide bonds. The minimum Gasteiger partial charge on any atom is -0.319 e. The highest BCUT2D eigenvalue weighted by Gasteiger charge is 2.49. The van der Waals surface area contributed by atoms with Crippen LogP contribution in [0.1, 0.15) is 39.5 Å². The van der Waals surface area contributed by atoms with E-state index in [4.69, 9.17) is 11.6 Å². The third-order valence-corrected chi connectivity index (χ3v) is 5.35. The van der Waals surface area contributed by atoms with Crippen molar-refractivity contribution in [3.63, 3.8) is 0 Å². The molecule has 1 unspecified atom stereocenters. The van der Waals surface area contributed by atoms with Crippen LogP contribution >= 0.6 is 11.6 Å². The molecule has 0 aliphatic carbocycles. The molecule has 0 aromatic heterocycles. The largest absolute Gasteiger partial charge is 0.325 e. The maximum Gasteiger partial charge on any atom is 0.325 e. The third-order valence-electron chi connectivity index (χ3n) is 5.12. The van der Waals surface area contributed by atoms with Crippen molar-refractivity contribution in [3.05, 3.63) is 69.2 Å². The van der Waals surface area contributed by atoms with Gasteiger partial charge in [0.1, 0.15) is 5.54 Å². The van der Waals surface area contributed by atoms with Crippen LogP contribution in [0.5, 0.6) is 0 Å². The van der Waals surface area contributed by atoms with Gasteiger partial charge in [-0.2, -0.15) is 0 Å². The van der Waals surface area contributed by atoms with Crippen LogP contribution in [-0.2, 0) is 10.3 Å². The summed E-state index contributed by atoms with van der Waals surface area (Å²) < 4.78 is 0. The summed E-state index contributed by atoms with van der Waals surface area (Å²) >= 11 is 6.02. The molecule has 140 valence electrons. The number of nitrogens with zero attached hydrogens (tertiary/aromatic N) is 1. The molecule has 1 aliphatic rings.